The molecule has 3 rings (SSSR count). The van der Waals surface area contributed by atoms with Crippen LogP contribution in [0.1, 0.15) is 39.0 Å². The predicted octanol–water partition coefficient (Wildman–Crippen LogP) is 2.71. The van der Waals surface area contributed by atoms with Crippen molar-refractivity contribution in [3.05, 3.63) is 30.3 Å². The van der Waals surface area contributed by atoms with Gasteiger partial charge >= 0.3 is 0 Å². The van der Waals surface area contributed by atoms with Crippen LogP contribution in [0.25, 0.3) is 0 Å². The first-order chi connectivity index (χ1) is 12.1. The van der Waals surface area contributed by atoms with Crippen LogP contribution in [0.3, 0.4) is 0 Å². The van der Waals surface area contributed by atoms with Gasteiger partial charge in [-0.15, -0.1) is 0 Å². The molecule has 0 unspecified atom stereocenters. The average molecular weight is 344 g/mol. The number of nitrogens with zero attached hydrogens (tertiary/aromatic N) is 2. The van der Waals surface area contributed by atoms with Crippen molar-refractivity contribution >= 4 is 11.8 Å². The zero-order valence-corrected chi connectivity index (χ0v) is 15.0. The molecule has 0 saturated carbocycles. The molecular formula is C20H28N2O3. The van der Waals surface area contributed by atoms with E-state index in [4.69, 9.17) is 4.74 Å². The maximum absolute atomic E-state index is 12.7. The van der Waals surface area contributed by atoms with Gasteiger partial charge in [0, 0.05) is 38.0 Å². The highest BCUT2D eigenvalue weighted by Crippen LogP contribution is 2.23. The first kappa shape index (κ1) is 17.8. The Kier molecular flexibility index (Phi) is 5.95. The number of rotatable bonds is 6. The van der Waals surface area contributed by atoms with Crippen LogP contribution in [0.4, 0.5) is 0 Å². The number of piperidine rings is 1. The summed E-state index contributed by atoms with van der Waals surface area (Å²) in [5.74, 6) is 1.22. The summed E-state index contributed by atoms with van der Waals surface area (Å²) in [5.41, 5.74) is 0. The summed E-state index contributed by atoms with van der Waals surface area (Å²) in [6, 6.07) is 9.90. The summed E-state index contributed by atoms with van der Waals surface area (Å²) in [6.45, 7) is 4.86. The van der Waals surface area contributed by atoms with Gasteiger partial charge in [-0.3, -0.25) is 9.59 Å². The Hall–Kier alpha value is -2.04. The van der Waals surface area contributed by atoms with Gasteiger partial charge in [0.1, 0.15) is 5.75 Å². The topological polar surface area (TPSA) is 49.9 Å². The monoisotopic (exact) mass is 344 g/mol. The smallest absolute Gasteiger partial charge is 0.225 e. The van der Waals surface area contributed by atoms with Crippen molar-refractivity contribution in [2.75, 3.05) is 26.2 Å². The van der Waals surface area contributed by atoms with E-state index in [0.717, 1.165) is 38.1 Å². The Balaban J connectivity index is 1.47. The molecule has 2 aliphatic rings. The van der Waals surface area contributed by atoms with Gasteiger partial charge in [-0.2, -0.15) is 0 Å². The van der Waals surface area contributed by atoms with Gasteiger partial charge in [-0.25, -0.2) is 0 Å². The molecule has 2 aliphatic heterocycles. The van der Waals surface area contributed by atoms with Crippen LogP contribution in [0, 0.1) is 5.92 Å². The third-order valence-corrected chi connectivity index (χ3v) is 5.24. The lowest BCUT2D eigenvalue weighted by atomic mass is 10.0. The van der Waals surface area contributed by atoms with E-state index >= 15 is 0 Å². The van der Waals surface area contributed by atoms with Crippen LogP contribution in [-0.2, 0) is 9.59 Å². The second-order valence-corrected chi connectivity index (χ2v) is 7.12. The van der Waals surface area contributed by atoms with E-state index in [0.29, 0.717) is 26.0 Å². The molecule has 5 nitrogen and oxygen atoms in total. The van der Waals surface area contributed by atoms with E-state index in [2.05, 4.69) is 0 Å². The summed E-state index contributed by atoms with van der Waals surface area (Å²) in [7, 11) is 0. The van der Waals surface area contributed by atoms with E-state index in [1.807, 2.05) is 47.1 Å². The SMILES string of the molecule is C[C@@H](CCOc1ccccc1)C(=O)N1CCC[C@@H](N2CCCC2=O)C1. The minimum Gasteiger partial charge on any atom is -0.494 e. The molecule has 0 spiro atoms. The highest BCUT2D eigenvalue weighted by atomic mass is 16.5. The Morgan fingerprint density at radius 1 is 1.24 bits per heavy atom. The second kappa shape index (κ2) is 8.37. The van der Waals surface area contributed by atoms with Crippen molar-refractivity contribution in [3.63, 3.8) is 0 Å². The van der Waals surface area contributed by atoms with Crippen LogP contribution >= 0.6 is 0 Å². The molecule has 0 aliphatic carbocycles. The number of ether oxygens (including phenoxy) is 1. The van der Waals surface area contributed by atoms with Crippen LogP contribution in [-0.4, -0.2) is 53.9 Å². The van der Waals surface area contributed by atoms with E-state index in [1.54, 1.807) is 0 Å². The molecule has 1 aromatic carbocycles. The summed E-state index contributed by atoms with van der Waals surface area (Å²) in [6.07, 6.45) is 4.32. The van der Waals surface area contributed by atoms with Crippen LogP contribution in [0.15, 0.2) is 30.3 Å². The Bertz CT molecular complexity index is 590. The van der Waals surface area contributed by atoms with Crippen LogP contribution in [0.2, 0.25) is 0 Å². The molecule has 5 heteroatoms. The van der Waals surface area contributed by atoms with Gasteiger partial charge in [-0.05, 0) is 37.8 Å². The van der Waals surface area contributed by atoms with Gasteiger partial charge in [0.15, 0.2) is 0 Å². The van der Waals surface area contributed by atoms with Gasteiger partial charge in [-0.1, -0.05) is 25.1 Å². The molecule has 2 saturated heterocycles. The van der Waals surface area contributed by atoms with Crippen molar-refractivity contribution in [1.82, 2.24) is 9.80 Å². The quantitative estimate of drug-likeness (QED) is 0.797. The summed E-state index contributed by atoms with van der Waals surface area (Å²) in [5, 5.41) is 0. The van der Waals surface area contributed by atoms with Gasteiger partial charge < -0.3 is 14.5 Å². The fraction of sp³-hybridized carbons (Fsp3) is 0.600. The van der Waals surface area contributed by atoms with Crippen molar-refractivity contribution in [1.29, 1.82) is 0 Å². The number of carbonyl (C=O) groups excluding carboxylic acids is 2. The molecule has 0 N–H and O–H groups in total. The lowest BCUT2D eigenvalue weighted by Crippen LogP contribution is -2.51. The van der Waals surface area contributed by atoms with Gasteiger partial charge in [0.2, 0.25) is 11.8 Å². The first-order valence-electron chi connectivity index (χ1n) is 9.41. The number of likely N-dealkylation sites (tertiary alicyclic amines) is 2. The fourth-order valence-corrected chi connectivity index (χ4v) is 3.77. The van der Waals surface area contributed by atoms with E-state index < -0.39 is 0 Å². The standard InChI is InChI=1S/C20H28N2O3/c1-16(11-14-25-18-8-3-2-4-9-18)20(24)21-12-5-7-17(15-21)22-13-6-10-19(22)23/h2-4,8-9,16-17H,5-7,10-15H2,1H3/t16-,17+/m0/s1. The zero-order chi connectivity index (χ0) is 17.6. The molecule has 0 aromatic heterocycles. The number of para-hydroxylation sites is 1. The largest absolute Gasteiger partial charge is 0.494 e. The Morgan fingerprint density at radius 3 is 2.76 bits per heavy atom. The minimum absolute atomic E-state index is 0.0586. The lowest BCUT2D eigenvalue weighted by Gasteiger charge is -2.38. The summed E-state index contributed by atoms with van der Waals surface area (Å²) < 4.78 is 5.71. The second-order valence-electron chi connectivity index (χ2n) is 7.12. The summed E-state index contributed by atoms with van der Waals surface area (Å²) >= 11 is 0. The van der Waals surface area contributed by atoms with E-state index in [1.165, 1.54) is 0 Å². The lowest BCUT2D eigenvalue weighted by molar-refractivity contribution is -0.140. The van der Waals surface area contributed by atoms with Crippen molar-refractivity contribution in [2.24, 2.45) is 5.92 Å². The average Bonchev–Trinajstić information content (AvgIpc) is 3.08. The van der Waals surface area contributed by atoms with E-state index in [-0.39, 0.29) is 23.8 Å². The Labute approximate surface area is 149 Å². The number of amides is 2. The number of hydrogen-bond acceptors (Lipinski definition) is 3. The first-order valence-corrected chi connectivity index (χ1v) is 9.41. The molecule has 2 atom stereocenters. The maximum atomic E-state index is 12.7. The molecule has 2 fully saturated rings. The third kappa shape index (κ3) is 4.53. The van der Waals surface area contributed by atoms with Crippen molar-refractivity contribution in [2.45, 2.75) is 45.1 Å². The number of carbonyl (C=O) groups is 2. The molecule has 136 valence electrons. The van der Waals surface area contributed by atoms with Crippen molar-refractivity contribution < 1.29 is 14.3 Å². The Morgan fingerprint density at radius 2 is 2.04 bits per heavy atom. The molecule has 0 bridgehead atoms. The van der Waals surface area contributed by atoms with Gasteiger partial charge in [0.25, 0.3) is 0 Å². The number of benzene rings is 1. The maximum Gasteiger partial charge on any atom is 0.225 e. The highest BCUT2D eigenvalue weighted by molar-refractivity contribution is 5.80. The third-order valence-electron chi connectivity index (χ3n) is 5.24. The molecule has 2 amide bonds. The van der Waals surface area contributed by atoms with Crippen LogP contribution in [0.5, 0.6) is 5.75 Å². The van der Waals surface area contributed by atoms with Crippen LogP contribution < -0.4 is 4.74 Å². The van der Waals surface area contributed by atoms with Crippen molar-refractivity contribution in [3.8, 4) is 5.75 Å². The highest BCUT2D eigenvalue weighted by Gasteiger charge is 2.33. The molecule has 0 radical (unpaired) electrons. The normalized spacial score (nSPS) is 22.1. The number of hydrogen-bond donors (Lipinski definition) is 0. The molecule has 1 aromatic rings. The molecular weight excluding hydrogens is 316 g/mol. The summed E-state index contributed by atoms with van der Waals surface area (Å²) in [4.78, 5) is 28.7. The molecule has 2 heterocycles. The minimum atomic E-state index is -0.0586. The van der Waals surface area contributed by atoms with E-state index in [9.17, 15) is 9.59 Å². The fourth-order valence-electron chi connectivity index (χ4n) is 3.77. The zero-order valence-electron chi connectivity index (χ0n) is 15.0. The predicted molar refractivity (Wildman–Crippen MR) is 96.3 cm³/mol. The van der Waals surface area contributed by atoms with Gasteiger partial charge in [0.05, 0.1) is 6.61 Å². The molecule has 25 heavy (non-hydrogen) atoms.